The van der Waals surface area contributed by atoms with Gasteiger partial charge in [0.15, 0.2) is 5.52 Å². The van der Waals surface area contributed by atoms with E-state index in [2.05, 4.69) is 10.3 Å². The summed E-state index contributed by atoms with van der Waals surface area (Å²) in [7, 11) is 0. The highest BCUT2D eigenvalue weighted by Gasteiger charge is 2.28. The Hall–Kier alpha value is -1.87. The fraction of sp³-hybridized carbons (Fsp3) is 0.300. The zero-order chi connectivity index (χ0) is 14.0. The summed E-state index contributed by atoms with van der Waals surface area (Å²) in [6.45, 7) is -1.59. The molecule has 0 radical (unpaired) electrons. The van der Waals surface area contributed by atoms with Crippen molar-refractivity contribution in [2.24, 2.45) is 5.73 Å². The molecule has 0 aliphatic carbocycles. The molecule has 1 heterocycles. The number of fused-ring (bicyclic) bond motifs is 1. The molecule has 0 atom stereocenters. The molecule has 6 nitrogen and oxygen atoms in total. The second-order valence-corrected chi connectivity index (χ2v) is 4.72. The van der Waals surface area contributed by atoms with Crippen LogP contribution in [0.4, 0.5) is 20.2 Å². The summed E-state index contributed by atoms with van der Waals surface area (Å²) in [5.74, 6) is -3.12. The van der Waals surface area contributed by atoms with E-state index in [1.54, 1.807) is 6.07 Å². The molecule has 0 spiro atoms. The van der Waals surface area contributed by atoms with Crippen LogP contribution in [0, 0.1) is 10.1 Å². The zero-order valence-electron chi connectivity index (χ0n) is 9.60. The smallest absolute Gasteiger partial charge is 0.319 e. The molecular formula is C10H10F2N4O2S. The largest absolute Gasteiger partial charge is 0.373 e. The van der Waals surface area contributed by atoms with Crippen molar-refractivity contribution in [1.29, 1.82) is 0 Å². The van der Waals surface area contributed by atoms with E-state index in [1.807, 2.05) is 0 Å². The lowest BCUT2D eigenvalue weighted by molar-refractivity contribution is -0.382. The molecule has 0 fully saturated rings. The third-order valence-corrected chi connectivity index (χ3v) is 3.29. The number of rotatable bonds is 5. The van der Waals surface area contributed by atoms with Crippen LogP contribution in [0.5, 0.6) is 0 Å². The van der Waals surface area contributed by atoms with E-state index in [-0.39, 0.29) is 16.9 Å². The number of hydrogen-bond acceptors (Lipinski definition) is 6. The Kier molecular flexibility index (Phi) is 3.58. The van der Waals surface area contributed by atoms with Crippen LogP contribution in [-0.4, -0.2) is 28.9 Å². The van der Waals surface area contributed by atoms with E-state index in [0.29, 0.717) is 4.70 Å². The quantitative estimate of drug-likeness (QED) is 0.649. The number of benzene rings is 1. The average Bonchev–Trinajstić information content (AvgIpc) is 2.83. The van der Waals surface area contributed by atoms with E-state index in [9.17, 15) is 18.9 Å². The normalized spacial score (nSPS) is 11.7. The summed E-state index contributed by atoms with van der Waals surface area (Å²) in [4.78, 5) is 14.3. The molecule has 19 heavy (non-hydrogen) atoms. The van der Waals surface area contributed by atoms with Gasteiger partial charge in [0.25, 0.3) is 5.92 Å². The van der Waals surface area contributed by atoms with Crippen molar-refractivity contribution in [2.75, 3.05) is 18.4 Å². The molecule has 3 N–H and O–H groups in total. The van der Waals surface area contributed by atoms with Crippen LogP contribution in [0.3, 0.4) is 0 Å². The van der Waals surface area contributed by atoms with Crippen molar-refractivity contribution in [3.8, 4) is 0 Å². The first-order chi connectivity index (χ1) is 8.94. The summed E-state index contributed by atoms with van der Waals surface area (Å²) in [5, 5.41) is 13.4. The van der Waals surface area contributed by atoms with Gasteiger partial charge in [0, 0.05) is 0 Å². The molecule has 1 aromatic carbocycles. The molecule has 1 aromatic heterocycles. The minimum Gasteiger partial charge on any atom is -0.373 e. The van der Waals surface area contributed by atoms with Gasteiger partial charge in [0.05, 0.1) is 28.2 Å². The summed E-state index contributed by atoms with van der Waals surface area (Å²) in [5.41, 5.74) is 6.28. The number of nitro groups is 1. The topological polar surface area (TPSA) is 94.1 Å². The monoisotopic (exact) mass is 288 g/mol. The summed E-state index contributed by atoms with van der Waals surface area (Å²) >= 11 is 1.24. The zero-order valence-corrected chi connectivity index (χ0v) is 10.4. The number of nitro benzene ring substituents is 1. The van der Waals surface area contributed by atoms with Gasteiger partial charge in [-0.2, -0.15) is 0 Å². The van der Waals surface area contributed by atoms with Crippen LogP contribution in [0.2, 0.25) is 0 Å². The van der Waals surface area contributed by atoms with Crippen molar-refractivity contribution >= 4 is 32.9 Å². The number of thiazole rings is 1. The van der Waals surface area contributed by atoms with E-state index in [1.165, 1.54) is 22.9 Å². The minimum atomic E-state index is -3.12. The third-order valence-electron chi connectivity index (χ3n) is 2.49. The van der Waals surface area contributed by atoms with Crippen molar-refractivity contribution in [3.05, 3.63) is 27.8 Å². The first kappa shape index (κ1) is 13.6. The van der Waals surface area contributed by atoms with Gasteiger partial charge in [-0.3, -0.25) is 10.1 Å². The molecule has 102 valence electrons. The molecule has 0 aliphatic heterocycles. The third kappa shape index (κ3) is 2.76. The van der Waals surface area contributed by atoms with E-state index in [0.717, 1.165) is 0 Å². The molecule has 0 saturated carbocycles. The molecule has 2 aromatic rings. The SMILES string of the molecule is NCC(F)(F)CNc1ccc2scnc2c1[N+](=O)[O-]. The Balaban J connectivity index is 2.37. The van der Waals surface area contributed by atoms with Gasteiger partial charge in [-0.05, 0) is 12.1 Å². The first-order valence-electron chi connectivity index (χ1n) is 5.27. The standard InChI is InChI=1S/C10H10F2N4O2S/c11-10(12,3-13)4-14-6-1-2-7-8(15-5-19-7)9(6)16(17)18/h1-2,5,14H,3-4,13H2. The van der Waals surface area contributed by atoms with Gasteiger partial charge in [-0.25, -0.2) is 13.8 Å². The highest BCUT2D eigenvalue weighted by Crippen LogP contribution is 2.34. The highest BCUT2D eigenvalue weighted by atomic mass is 32.1. The molecule has 0 aliphatic rings. The Morgan fingerprint density at radius 3 is 2.89 bits per heavy atom. The van der Waals surface area contributed by atoms with Crippen LogP contribution in [0.15, 0.2) is 17.6 Å². The Morgan fingerprint density at radius 1 is 1.53 bits per heavy atom. The summed E-state index contributed by atoms with van der Waals surface area (Å²) in [6, 6.07) is 2.99. The minimum absolute atomic E-state index is 0.0107. The average molecular weight is 288 g/mol. The maximum atomic E-state index is 13.1. The maximum Gasteiger partial charge on any atom is 0.319 e. The van der Waals surface area contributed by atoms with Gasteiger partial charge in [-0.1, -0.05) is 0 Å². The maximum absolute atomic E-state index is 13.1. The number of halogens is 2. The first-order valence-corrected chi connectivity index (χ1v) is 6.15. The lowest BCUT2D eigenvalue weighted by Crippen LogP contribution is -2.35. The van der Waals surface area contributed by atoms with E-state index >= 15 is 0 Å². The summed E-state index contributed by atoms with van der Waals surface area (Å²) in [6.07, 6.45) is 0. The Morgan fingerprint density at radius 2 is 2.26 bits per heavy atom. The Labute approximate surface area is 110 Å². The van der Waals surface area contributed by atoms with Crippen molar-refractivity contribution in [1.82, 2.24) is 4.98 Å². The molecule has 0 bridgehead atoms. The number of alkyl halides is 2. The molecule has 2 rings (SSSR count). The van der Waals surface area contributed by atoms with Gasteiger partial charge in [0.1, 0.15) is 5.69 Å². The van der Waals surface area contributed by atoms with Crippen LogP contribution in [0.25, 0.3) is 10.2 Å². The molecule has 0 unspecified atom stereocenters. The number of hydrogen-bond donors (Lipinski definition) is 2. The van der Waals surface area contributed by atoms with Gasteiger partial charge >= 0.3 is 5.69 Å². The molecule has 0 amide bonds. The number of anilines is 1. The fourth-order valence-electron chi connectivity index (χ4n) is 1.54. The predicted octanol–water partition coefficient (Wildman–Crippen LogP) is 2.21. The highest BCUT2D eigenvalue weighted by molar-refractivity contribution is 7.16. The molecular weight excluding hydrogens is 278 g/mol. The predicted molar refractivity (Wildman–Crippen MR) is 68.8 cm³/mol. The lowest BCUT2D eigenvalue weighted by atomic mass is 10.2. The van der Waals surface area contributed by atoms with Gasteiger partial charge in [-0.15, -0.1) is 11.3 Å². The molecule has 9 heteroatoms. The number of nitrogens with two attached hydrogens (primary N) is 1. The fourth-order valence-corrected chi connectivity index (χ4v) is 2.22. The van der Waals surface area contributed by atoms with E-state index < -0.39 is 23.9 Å². The van der Waals surface area contributed by atoms with Crippen molar-refractivity contribution in [2.45, 2.75) is 5.92 Å². The second-order valence-electron chi connectivity index (χ2n) is 3.83. The van der Waals surface area contributed by atoms with Crippen LogP contribution < -0.4 is 11.1 Å². The van der Waals surface area contributed by atoms with Crippen molar-refractivity contribution < 1.29 is 13.7 Å². The second kappa shape index (κ2) is 5.02. The van der Waals surface area contributed by atoms with Crippen molar-refractivity contribution in [3.63, 3.8) is 0 Å². The van der Waals surface area contributed by atoms with Crippen LogP contribution >= 0.6 is 11.3 Å². The lowest BCUT2D eigenvalue weighted by Gasteiger charge is -2.15. The number of aromatic nitrogens is 1. The number of nitrogens with one attached hydrogen (secondary N) is 1. The Bertz CT molecular complexity index is 617. The van der Waals surface area contributed by atoms with E-state index in [4.69, 9.17) is 5.73 Å². The summed E-state index contributed by atoms with van der Waals surface area (Å²) < 4.78 is 26.7. The molecule has 0 saturated heterocycles. The van der Waals surface area contributed by atoms with Crippen LogP contribution in [0.1, 0.15) is 0 Å². The van der Waals surface area contributed by atoms with Crippen LogP contribution in [-0.2, 0) is 0 Å². The van der Waals surface area contributed by atoms with Gasteiger partial charge in [0.2, 0.25) is 0 Å². The number of nitrogens with zero attached hydrogens (tertiary/aromatic N) is 2. The van der Waals surface area contributed by atoms with Gasteiger partial charge < -0.3 is 11.1 Å².